The van der Waals surface area contributed by atoms with E-state index in [4.69, 9.17) is 21.1 Å². The van der Waals surface area contributed by atoms with Crippen molar-refractivity contribution in [2.75, 3.05) is 13.3 Å². The molecule has 2 amide bonds. The van der Waals surface area contributed by atoms with Crippen LogP contribution < -0.4 is 25.2 Å². The number of aliphatic carboxylic acids is 1. The topological polar surface area (TPSA) is 117 Å². The highest BCUT2D eigenvalue weighted by molar-refractivity contribution is 6.34. The Morgan fingerprint density at radius 1 is 1.11 bits per heavy atom. The lowest BCUT2D eigenvalue weighted by Gasteiger charge is -2.12. The van der Waals surface area contributed by atoms with Crippen molar-refractivity contribution in [1.82, 2.24) is 10.6 Å². The van der Waals surface area contributed by atoms with Crippen molar-refractivity contribution in [2.45, 2.75) is 0 Å². The van der Waals surface area contributed by atoms with E-state index < -0.39 is 24.3 Å². The van der Waals surface area contributed by atoms with E-state index in [1.54, 1.807) is 30.3 Å². The molecule has 2 aromatic carbocycles. The van der Waals surface area contributed by atoms with Gasteiger partial charge in [0.25, 0.3) is 11.8 Å². The molecule has 28 heavy (non-hydrogen) atoms. The summed E-state index contributed by atoms with van der Waals surface area (Å²) in [5.41, 5.74) is 0.515. The maximum atomic E-state index is 12.5. The molecule has 1 aliphatic heterocycles. The molecule has 8 nitrogen and oxygen atoms in total. The second kappa shape index (κ2) is 8.45. The summed E-state index contributed by atoms with van der Waals surface area (Å²) in [6.07, 6.45) is 1.38. The quantitative estimate of drug-likeness (QED) is 0.688. The van der Waals surface area contributed by atoms with Crippen molar-refractivity contribution in [3.8, 4) is 11.5 Å². The number of carboxylic acids is 1. The molecule has 0 atom stereocenters. The molecule has 2 N–H and O–H groups in total. The van der Waals surface area contributed by atoms with Crippen molar-refractivity contribution >= 4 is 35.5 Å². The van der Waals surface area contributed by atoms with Crippen molar-refractivity contribution in [3.63, 3.8) is 0 Å². The minimum Gasteiger partial charge on any atom is -0.548 e. The number of nitrogens with one attached hydrogen (secondary N) is 2. The highest BCUT2D eigenvalue weighted by Gasteiger charge is 2.18. The van der Waals surface area contributed by atoms with E-state index >= 15 is 0 Å². The molecule has 0 fully saturated rings. The first-order valence-electron chi connectivity index (χ1n) is 8.09. The zero-order valence-electron chi connectivity index (χ0n) is 14.4. The van der Waals surface area contributed by atoms with Gasteiger partial charge in [-0.05, 0) is 35.9 Å². The summed E-state index contributed by atoms with van der Waals surface area (Å²) in [7, 11) is 0. The summed E-state index contributed by atoms with van der Waals surface area (Å²) in [5, 5.41) is 15.4. The Kier molecular flexibility index (Phi) is 5.81. The van der Waals surface area contributed by atoms with Crippen LogP contribution in [0.1, 0.15) is 15.9 Å². The zero-order valence-corrected chi connectivity index (χ0v) is 15.1. The number of carbonyl (C=O) groups is 3. The zero-order chi connectivity index (χ0) is 20.1. The van der Waals surface area contributed by atoms with Crippen LogP contribution in [0.5, 0.6) is 11.5 Å². The number of halogens is 1. The van der Waals surface area contributed by atoms with Gasteiger partial charge in [0.05, 0.1) is 23.1 Å². The van der Waals surface area contributed by atoms with Crippen LogP contribution in [-0.2, 0) is 9.59 Å². The molecule has 1 aliphatic rings. The molecule has 0 saturated carbocycles. The van der Waals surface area contributed by atoms with Crippen LogP contribution in [0, 0.1) is 0 Å². The summed E-state index contributed by atoms with van der Waals surface area (Å²) in [6.45, 7) is -0.621. The van der Waals surface area contributed by atoms with Crippen LogP contribution in [0.25, 0.3) is 6.08 Å². The van der Waals surface area contributed by atoms with Crippen LogP contribution in [0.4, 0.5) is 0 Å². The molecule has 2 aromatic rings. The average molecular weight is 402 g/mol. The number of carbonyl (C=O) groups excluding carboxylic acids is 3. The van der Waals surface area contributed by atoms with E-state index in [0.717, 1.165) is 0 Å². The van der Waals surface area contributed by atoms with Crippen molar-refractivity contribution in [3.05, 3.63) is 64.3 Å². The molecule has 0 radical (unpaired) electrons. The van der Waals surface area contributed by atoms with Crippen LogP contribution >= 0.6 is 11.6 Å². The molecule has 0 spiro atoms. The van der Waals surface area contributed by atoms with Gasteiger partial charge in [0.15, 0.2) is 11.5 Å². The Bertz CT molecular complexity index is 973. The van der Waals surface area contributed by atoms with Gasteiger partial charge in [0, 0.05) is 0 Å². The van der Waals surface area contributed by atoms with E-state index in [-0.39, 0.29) is 23.1 Å². The molecule has 0 aromatic heterocycles. The molecule has 9 heteroatoms. The summed E-state index contributed by atoms with van der Waals surface area (Å²) >= 11 is 6.01. The van der Waals surface area contributed by atoms with Crippen LogP contribution in [0.15, 0.2) is 48.2 Å². The third-order valence-electron chi connectivity index (χ3n) is 3.71. The number of hydrogen-bond acceptors (Lipinski definition) is 6. The standard InChI is InChI=1S/C19H15ClN2O6/c20-13-4-2-1-3-12(13)18(25)22-14(19(26)21-9-17(23)24)7-11-5-6-15-16(8-11)28-10-27-15/h1-8H,9-10H2,(H,21,26)(H,22,25)(H,23,24)/p-1/b14-7-. The predicted octanol–water partition coefficient (Wildman–Crippen LogP) is 0.706. The van der Waals surface area contributed by atoms with Crippen LogP contribution in [-0.4, -0.2) is 31.1 Å². The van der Waals surface area contributed by atoms with E-state index in [2.05, 4.69) is 10.6 Å². The lowest BCUT2D eigenvalue weighted by Crippen LogP contribution is -2.41. The smallest absolute Gasteiger partial charge is 0.268 e. The molecule has 1 heterocycles. The fourth-order valence-electron chi connectivity index (χ4n) is 2.41. The number of ether oxygens (including phenoxy) is 2. The van der Waals surface area contributed by atoms with E-state index in [9.17, 15) is 19.5 Å². The van der Waals surface area contributed by atoms with Gasteiger partial charge in [-0.1, -0.05) is 29.8 Å². The molecule has 0 saturated heterocycles. The Balaban J connectivity index is 1.88. The van der Waals surface area contributed by atoms with Gasteiger partial charge in [0.1, 0.15) is 5.70 Å². The van der Waals surface area contributed by atoms with Crippen molar-refractivity contribution < 1.29 is 29.0 Å². The summed E-state index contributed by atoms with van der Waals surface area (Å²) in [6, 6.07) is 11.2. The third-order valence-corrected chi connectivity index (χ3v) is 4.04. The van der Waals surface area contributed by atoms with Crippen molar-refractivity contribution in [2.24, 2.45) is 0 Å². The molecule has 0 unspecified atom stereocenters. The number of fused-ring (bicyclic) bond motifs is 1. The Labute approximate surface area is 164 Å². The monoisotopic (exact) mass is 401 g/mol. The second-order valence-electron chi connectivity index (χ2n) is 5.66. The maximum Gasteiger partial charge on any atom is 0.268 e. The minimum absolute atomic E-state index is 0.0880. The second-order valence-corrected chi connectivity index (χ2v) is 6.07. The average Bonchev–Trinajstić information content (AvgIpc) is 3.13. The molecule has 3 rings (SSSR count). The molecular weight excluding hydrogens is 388 g/mol. The van der Waals surface area contributed by atoms with E-state index in [0.29, 0.717) is 17.1 Å². The molecule has 0 bridgehead atoms. The summed E-state index contributed by atoms with van der Waals surface area (Å²) < 4.78 is 10.5. The number of amides is 2. The first-order chi connectivity index (χ1) is 13.4. The summed E-state index contributed by atoms with van der Waals surface area (Å²) in [5.74, 6) is -1.85. The fourth-order valence-corrected chi connectivity index (χ4v) is 2.63. The molecular formula is C19H14ClN2O6-. The first-order valence-corrected chi connectivity index (χ1v) is 8.47. The predicted molar refractivity (Wildman–Crippen MR) is 97.5 cm³/mol. The van der Waals surface area contributed by atoms with Gasteiger partial charge < -0.3 is 30.0 Å². The molecule has 0 aliphatic carbocycles. The number of benzene rings is 2. The van der Waals surface area contributed by atoms with Crippen LogP contribution in [0.3, 0.4) is 0 Å². The Hall–Kier alpha value is -3.52. The van der Waals surface area contributed by atoms with Gasteiger partial charge in [-0.25, -0.2) is 0 Å². The van der Waals surface area contributed by atoms with Gasteiger partial charge in [-0.3, -0.25) is 9.59 Å². The van der Waals surface area contributed by atoms with Gasteiger partial charge in [-0.2, -0.15) is 0 Å². The number of hydrogen-bond donors (Lipinski definition) is 2. The normalized spacial score (nSPS) is 12.4. The first kappa shape index (κ1) is 19.2. The SMILES string of the molecule is O=C([O-])CNC(=O)/C(=C/c1ccc2c(c1)OCO2)NC(=O)c1ccccc1Cl. The van der Waals surface area contributed by atoms with Gasteiger partial charge in [-0.15, -0.1) is 0 Å². The fraction of sp³-hybridized carbons (Fsp3) is 0.105. The van der Waals surface area contributed by atoms with Crippen LogP contribution in [0.2, 0.25) is 5.02 Å². The van der Waals surface area contributed by atoms with E-state index in [1.807, 2.05) is 0 Å². The van der Waals surface area contributed by atoms with Gasteiger partial charge >= 0.3 is 0 Å². The van der Waals surface area contributed by atoms with Crippen molar-refractivity contribution in [1.29, 1.82) is 0 Å². The number of rotatable bonds is 6. The largest absolute Gasteiger partial charge is 0.548 e. The minimum atomic E-state index is -1.46. The Morgan fingerprint density at radius 3 is 2.61 bits per heavy atom. The Morgan fingerprint density at radius 2 is 1.86 bits per heavy atom. The van der Waals surface area contributed by atoms with Gasteiger partial charge in [0.2, 0.25) is 6.79 Å². The third kappa shape index (κ3) is 4.60. The highest BCUT2D eigenvalue weighted by atomic mass is 35.5. The summed E-state index contributed by atoms with van der Waals surface area (Å²) in [4.78, 5) is 35.5. The lowest BCUT2D eigenvalue weighted by molar-refractivity contribution is -0.303. The van der Waals surface area contributed by atoms with E-state index in [1.165, 1.54) is 18.2 Å². The molecule has 144 valence electrons. The highest BCUT2D eigenvalue weighted by Crippen LogP contribution is 2.33. The lowest BCUT2D eigenvalue weighted by atomic mass is 10.1. The maximum absolute atomic E-state index is 12.5. The number of carboxylic acid groups (broad SMARTS) is 1.